The molecule has 1 aromatic heterocycles. The molecule has 1 aromatic rings. The molecule has 2 N–H and O–H groups in total. The van der Waals surface area contributed by atoms with Crippen LogP contribution in [0.1, 0.15) is 24.1 Å². The predicted molar refractivity (Wildman–Crippen MR) is 90.2 cm³/mol. The number of amides is 2. The lowest BCUT2D eigenvalue weighted by Crippen LogP contribution is -2.42. The molecule has 1 saturated heterocycles. The smallest absolute Gasteiger partial charge is 0.314 e. The van der Waals surface area contributed by atoms with Crippen LogP contribution in [0.25, 0.3) is 0 Å². The molecule has 22 heavy (non-hydrogen) atoms. The van der Waals surface area contributed by atoms with Crippen LogP contribution < -0.4 is 10.6 Å². The van der Waals surface area contributed by atoms with Gasteiger partial charge in [0.1, 0.15) is 0 Å². The van der Waals surface area contributed by atoms with Gasteiger partial charge in [-0.15, -0.1) is 11.3 Å². The number of carbonyl (C=O) groups excluding carboxylic acids is 1. The van der Waals surface area contributed by atoms with E-state index in [9.17, 15) is 4.79 Å². The van der Waals surface area contributed by atoms with Gasteiger partial charge in [-0.1, -0.05) is 6.07 Å². The van der Waals surface area contributed by atoms with Gasteiger partial charge in [0.15, 0.2) is 0 Å². The molecular formula is C16H27N3O2S. The maximum Gasteiger partial charge on any atom is 0.314 e. The van der Waals surface area contributed by atoms with Crippen molar-refractivity contribution in [3.63, 3.8) is 0 Å². The van der Waals surface area contributed by atoms with E-state index >= 15 is 0 Å². The van der Waals surface area contributed by atoms with Crippen molar-refractivity contribution < 1.29 is 9.53 Å². The molecular weight excluding hydrogens is 298 g/mol. The van der Waals surface area contributed by atoms with Crippen molar-refractivity contribution in [2.45, 2.75) is 25.8 Å². The minimum absolute atomic E-state index is 0.0582. The summed E-state index contributed by atoms with van der Waals surface area (Å²) in [6, 6.07) is 4.26. The molecule has 0 radical (unpaired) electrons. The van der Waals surface area contributed by atoms with Crippen molar-refractivity contribution in [3.8, 4) is 0 Å². The average Bonchev–Trinajstić information content (AvgIpc) is 3.04. The number of nitrogens with zero attached hydrogens (tertiary/aromatic N) is 1. The molecule has 0 unspecified atom stereocenters. The molecule has 2 amide bonds. The standard InChI is InChI=1S/C16H27N3O2S/c1-21-10-3-7-17-16(20)18-12-14-5-8-19(9-6-14)13-15-4-2-11-22-15/h2,4,11,14H,3,5-10,12-13H2,1H3,(H2,17,18,20). The normalized spacial score (nSPS) is 16.6. The third-order valence-electron chi connectivity index (χ3n) is 4.03. The first-order valence-corrected chi connectivity index (χ1v) is 8.91. The van der Waals surface area contributed by atoms with Crippen LogP contribution in [0.15, 0.2) is 17.5 Å². The Hall–Kier alpha value is -1.11. The number of rotatable bonds is 8. The molecule has 2 heterocycles. The first kappa shape index (κ1) is 17.2. The Kier molecular flexibility index (Phi) is 7.70. The zero-order valence-electron chi connectivity index (χ0n) is 13.3. The average molecular weight is 325 g/mol. The Morgan fingerprint density at radius 3 is 2.91 bits per heavy atom. The second kappa shape index (κ2) is 9.82. The Morgan fingerprint density at radius 2 is 2.23 bits per heavy atom. The van der Waals surface area contributed by atoms with Gasteiger partial charge >= 0.3 is 6.03 Å². The highest BCUT2D eigenvalue weighted by molar-refractivity contribution is 7.09. The minimum Gasteiger partial charge on any atom is -0.385 e. The van der Waals surface area contributed by atoms with Crippen molar-refractivity contribution in [1.82, 2.24) is 15.5 Å². The van der Waals surface area contributed by atoms with Crippen molar-refractivity contribution in [2.24, 2.45) is 5.92 Å². The Labute approximate surface area is 137 Å². The highest BCUT2D eigenvalue weighted by Gasteiger charge is 2.19. The van der Waals surface area contributed by atoms with E-state index in [4.69, 9.17) is 4.74 Å². The summed E-state index contributed by atoms with van der Waals surface area (Å²) in [6.07, 6.45) is 3.18. The summed E-state index contributed by atoms with van der Waals surface area (Å²) in [5.41, 5.74) is 0. The fourth-order valence-corrected chi connectivity index (χ4v) is 3.44. The van der Waals surface area contributed by atoms with Crippen LogP contribution in [0.5, 0.6) is 0 Å². The number of likely N-dealkylation sites (tertiary alicyclic amines) is 1. The van der Waals surface area contributed by atoms with E-state index in [2.05, 4.69) is 33.0 Å². The number of piperidine rings is 1. The SMILES string of the molecule is COCCCNC(=O)NCC1CCN(Cc2cccs2)CC1. The van der Waals surface area contributed by atoms with Gasteiger partial charge in [-0.2, -0.15) is 0 Å². The highest BCUT2D eigenvalue weighted by atomic mass is 32.1. The number of carbonyl (C=O) groups is 1. The third kappa shape index (κ3) is 6.34. The van der Waals surface area contributed by atoms with Crippen molar-refractivity contribution in [3.05, 3.63) is 22.4 Å². The molecule has 1 fully saturated rings. The van der Waals surface area contributed by atoms with Crippen LogP contribution in [0, 0.1) is 5.92 Å². The monoisotopic (exact) mass is 325 g/mol. The van der Waals surface area contributed by atoms with Crippen LogP contribution in [0.4, 0.5) is 4.79 Å². The Morgan fingerprint density at radius 1 is 1.41 bits per heavy atom. The van der Waals surface area contributed by atoms with E-state index in [1.807, 2.05) is 11.3 Å². The number of hydrogen-bond donors (Lipinski definition) is 2. The topological polar surface area (TPSA) is 53.6 Å². The summed E-state index contributed by atoms with van der Waals surface area (Å²) in [5.74, 6) is 0.601. The van der Waals surface area contributed by atoms with Gasteiger partial charge in [0, 0.05) is 38.2 Å². The molecule has 0 atom stereocenters. The second-order valence-electron chi connectivity index (χ2n) is 5.78. The lowest BCUT2D eigenvalue weighted by atomic mass is 9.97. The summed E-state index contributed by atoms with van der Waals surface area (Å²) in [5, 5.41) is 7.97. The van der Waals surface area contributed by atoms with Crippen LogP contribution in [-0.4, -0.2) is 50.8 Å². The van der Waals surface area contributed by atoms with Gasteiger partial charge in [0.25, 0.3) is 0 Å². The molecule has 1 aliphatic rings. The summed E-state index contributed by atoms with van der Waals surface area (Å²) in [6.45, 7) is 5.45. The molecule has 6 heteroatoms. The van der Waals surface area contributed by atoms with Crippen molar-refractivity contribution >= 4 is 17.4 Å². The fraction of sp³-hybridized carbons (Fsp3) is 0.688. The number of nitrogens with one attached hydrogen (secondary N) is 2. The van der Waals surface area contributed by atoms with Crippen LogP contribution in [0.3, 0.4) is 0 Å². The lowest BCUT2D eigenvalue weighted by molar-refractivity contribution is 0.175. The van der Waals surface area contributed by atoms with E-state index in [0.29, 0.717) is 19.1 Å². The van der Waals surface area contributed by atoms with Gasteiger partial charge < -0.3 is 15.4 Å². The predicted octanol–water partition coefficient (Wildman–Crippen LogP) is 2.30. The van der Waals surface area contributed by atoms with E-state index < -0.39 is 0 Å². The number of thiophene rings is 1. The Balaban J connectivity index is 1.54. The molecule has 2 rings (SSSR count). The highest BCUT2D eigenvalue weighted by Crippen LogP contribution is 2.20. The number of ether oxygens (including phenoxy) is 1. The zero-order valence-corrected chi connectivity index (χ0v) is 14.2. The second-order valence-corrected chi connectivity index (χ2v) is 6.81. The molecule has 0 aliphatic carbocycles. The van der Waals surface area contributed by atoms with Crippen molar-refractivity contribution in [1.29, 1.82) is 0 Å². The van der Waals surface area contributed by atoms with Gasteiger partial charge in [-0.3, -0.25) is 4.90 Å². The van der Waals surface area contributed by atoms with Gasteiger partial charge in [-0.25, -0.2) is 4.79 Å². The van der Waals surface area contributed by atoms with Crippen molar-refractivity contribution in [2.75, 3.05) is 39.9 Å². The van der Waals surface area contributed by atoms with Gasteiger partial charge in [0.2, 0.25) is 0 Å². The third-order valence-corrected chi connectivity index (χ3v) is 4.89. The first-order chi connectivity index (χ1) is 10.8. The molecule has 1 aliphatic heterocycles. The van der Waals surface area contributed by atoms with E-state index in [1.54, 1.807) is 7.11 Å². The molecule has 0 bridgehead atoms. The molecule has 0 spiro atoms. The van der Waals surface area contributed by atoms with Gasteiger partial charge in [-0.05, 0) is 49.7 Å². The van der Waals surface area contributed by atoms with E-state index in [1.165, 1.54) is 4.88 Å². The van der Waals surface area contributed by atoms with Gasteiger partial charge in [0.05, 0.1) is 0 Å². The number of methoxy groups -OCH3 is 1. The summed E-state index contributed by atoms with van der Waals surface area (Å²) in [4.78, 5) is 15.6. The van der Waals surface area contributed by atoms with E-state index in [-0.39, 0.29) is 6.03 Å². The molecule has 5 nitrogen and oxygen atoms in total. The zero-order chi connectivity index (χ0) is 15.6. The lowest BCUT2D eigenvalue weighted by Gasteiger charge is -2.31. The largest absolute Gasteiger partial charge is 0.385 e. The number of urea groups is 1. The fourth-order valence-electron chi connectivity index (χ4n) is 2.69. The Bertz CT molecular complexity index is 417. The maximum atomic E-state index is 11.7. The minimum atomic E-state index is -0.0582. The summed E-state index contributed by atoms with van der Waals surface area (Å²) < 4.78 is 4.95. The molecule has 0 saturated carbocycles. The van der Waals surface area contributed by atoms with E-state index in [0.717, 1.165) is 45.4 Å². The van der Waals surface area contributed by atoms with Crippen LogP contribution >= 0.6 is 11.3 Å². The number of hydrogen-bond acceptors (Lipinski definition) is 4. The van der Waals surface area contributed by atoms with Crippen LogP contribution in [-0.2, 0) is 11.3 Å². The summed E-state index contributed by atoms with van der Waals surface area (Å²) >= 11 is 1.83. The quantitative estimate of drug-likeness (QED) is 0.721. The molecule has 124 valence electrons. The maximum absolute atomic E-state index is 11.7. The first-order valence-electron chi connectivity index (χ1n) is 8.03. The molecule has 0 aromatic carbocycles. The summed E-state index contributed by atoms with van der Waals surface area (Å²) in [7, 11) is 1.67. The van der Waals surface area contributed by atoms with Crippen LogP contribution in [0.2, 0.25) is 0 Å².